The number of benzene rings is 1. The molecule has 0 aliphatic rings. The number of nitrogens with zero attached hydrogens (tertiary/aromatic N) is 3. The van der Waals surface area contributed by atoms with Gasteiger partial charge < -0.3 is 15.4 Å². The Morgan fingerprint density at radius 2 is 1.76 bits per heavy atom. The Morgan fingerprint density at radius 3 is 2.43 bits per heavy atom. The van der Waals surface area contributed by atoms with Crippen LogP contribution >= 0.6 is 0 Å². The first-order valence-corrected chi connectivity index (χ1v) is 6.41. The van der Waals surface area contributed by atoms with Gasteiger partial charge in [-0.05, 0) is 38.1 Å². The van der Waals surface area contributed by atoms with Gasteiger partial charge in [0.2, 0.25) is 5.82 Å². The predicted octanol–water partition coefficient (Wildman–Crippen LogP) is 2.70. The summed E-state index contributed by atoms with van der Waals surface area (Å²) in [4.78, 5) is 8.63. The van der Waals surface area contributed by atoms with E-state index in [1.54, 1.807) is 12.1 Å². The third-order valence-electron chi connectivity index (χ3n) is 3.02. The molecule has 106 valence electrons. The third-order valence-corrected chi connectivity index (χ3v) is 3.02. The van der Waals surface area contributed by atoms with Crippen LogP contribution in [-0.2, 0) is 0 Å². The van der Waals surface area contributed by atoms with Crippen molar-refractivity contribution in [3.63, 3.8) is 0 Å². The van der Waals surface area contributed by atoms with Crippen LogP contribution in [0, 0.1) is 13.8 Å². The highest BCUT2D eigenvalue weighted by atomic mass is 16.5. The summed E-state index contributed by atoms with van der Waals surface area (Å²) < 4.78 is 5.22. The van der Waals surface area contributed by atoms with Crippen LogP contribution < -0.4 is 5.73 Å². The Morgan fingerprint density at radius 1 is 1.05 bits per heavy atom. The normalized spacial score (nSPS) is 10.8. The minimum Gasteiger partial charge on any atom is -0.507 e. The van der Waals surface area contributed by atoms with Gasteiger partial charge in [0.15, 0.2) is 0 Å². The molecule has 0 unspecified atom stereocenters. The zero-order chi connectivity index (χ0) is 15.0. The summed E-state index contributed by atoms with van der Waals surface area (Å²) >= 11 is 0. The molecular formula is C15H14N4O2. The van der Waals surface area contributed by atoms with E-state index in [0.717, 1.165) is 17.0 Å². The molecule has 0 atom stereocenters. The van der Waals surface area contributed by atoms with Gasteiger partial charge in [-0.3, -0.25) is 4.98 Å². The number of aromatic nitrogens is 3. The molecule has 0 fully saturated rings. The average molecular weight is 282 g/mol. The topological polar surface area (TPSA) is 98.1 Å². The van der Waals surface area contributed by atoms with E-state index in [-0.39, 0.29) is 11.6 Å². The Bertz CT molecular complexity index is 791. The minimum absolute atomic E-state index is 0.00675. The van der Waals surface area contributed by atoms with Gasteiger partial charge in [-0.15, -0.1) is 0 Å². The van der Waals surface area contributed by atoms with Crippen molar-refractivity contribution in [2.75, 3.05) is 5.73 Å². The first-order chi connectivity index (χ1) is 10.0. The number of anilines is 1. The largest absolute Gasteiger partial charge is 0.507 e. The number of nitrogen functional groups attached to an aromatic ring is 1. The number of aryl methyl sites for hydroxylation is 2. The fourth-order valence-electron chi connectivity index (χ4n) is 2.14. The molecule has 3 rings (SSSR count). The molecule has 2 heterocycles. The first kappa shape index (κ1) is 13.1. The molecular weight excluding hydrogens is 268 g/mol. The summed E-state index contributed by atoms with van der Waals surface area (Å²) in [6, 6.07) is 8.51. The summed E-state index contributed by atoms with van der Waals surface area (Å²) in [5, 5.41) is 13.8. The number of hydrogen-bond donors (Lipinski definition) is 2. The molecule has 0 aliphatic carbocycles. The number of pyridine rings is 1. The smallest absolute Gasteiger partial charge is 0.262 e. The maximum atomic E-state index is 9.90. The van der Waals surface area contributed by atoms with E-state index in [2.05, 4.69) is 15.1 Å². The van der Waals surface area contributed by atoms with Crippen LogP contribution in [0.1, 0.15) is 11.4 Å². The van der Waals surface area contributed by atoms with E-state index >= 15 is 0 Å². The highest BCUT2D eigenvalue weighted by Crippen LogP contribution is 2.31. The molecule has 0 amide bonds. The SMILES string of the molecule is Cc1cc(-c2noc(-c3ccc(N)cc3O)n2)cc(C)n1. The van der Waals surface area contributed by atoms with Crippen molar-refractivity contribution in [3.8, 4) is 28.6 Å². The zero-order valence-electron chi connectivity index (χ0n) is 11.7. The van der Waals surface area contributed by atoms with Crippen molar-refractivity contribution in [1.82, 2.24) is 15.1 Å². The molecule has 0 saturated carbocycles. The first-order valence-electron chi connectivity index (χ1n) is 6.41. The lowest BCUT2D eigenvalue weighted by atomic mass is 10.1. The quantitative estimate of drug-likeness (QED) is 0.701. The van der Waals surface area contributed by atoms with E-state index in [0.29, 0.717) is 17.1 Å². The van der Waals surface area contributed by atoms with Gasteiger partial charge in [-0.2, -0.15) is 4.98 Å². The lowest BCUT2D eigenvalue weighted by molar-refractivity contribution is 0.426. The number of phenols is 1. The number of aromatic hydroxyl groups is 1. The van der Waals surface area contributed by atoms with Crippen molar-refractivity contribution >= 4 is 5.69 Å². The molecule has 21 heavy (non-hydrogen) atoms. The van der Waals surface area contributed by atoms with Crippen molar-refractivity contribution in [2.45, 2.75) is 13.8 Å². The fraction of sp³-hybridized carbons (Fsp3) is 0.133. The van der Waals surface area contributed by atoms with Crippen LogP contribution in [0.4, 0.5) is 5.69 Å². The van der Waals surface area contributed by atoms with E-state index in [4.69, 9.17) is 10.3 Å². The number of phenolic OH excluding ortho intramolecular Hbond substituents is 1. The number of nitrogens with two attached hydrogens (primary N) is 1. The van der Waals surface area contributed by atoms with Gasteiger partial charge >= 0.3 is 0 Å². The van der Waals surface area contributed by atoms with Crippen molar-refractivity contribution in [2.24, 2.45) is 0 Å². The van der Waals surface area contributed by atoms with Gasteiger partial charge in [0.25, 0.3) is 5.89 Å². The Hall–Kier alpha value is -2.89. The monoisotopic (exact) mass is 282 g/mol. The maximum absolute atomic E-state index is 9.90. The summed E-state index contributed by atoms with van der Waals surface area (Å²) in [5.41, 5.74) is 9.11. The Labute approximate surface area is 121 Å². The lowest BCUT2D eigenvalue weighted by Crippen LogP contribution is -1.89. The highest BCUT2D eigenvalue weighted by Gasteiger charge is 2.14. The summed E-state index contributed by atoms with van der Waals surface area (Å²) in [5.74, 6) is 0.705. The van der Waals surface area contributed by atoms with Gasteiger partial charge in [-0.1, -0.05) is 5.16 Å². The minimum atomic E-state index is 0.00675. The van der Waals surface area contributed by atoms with E-state index in [9.17, 15) is 5.11 Å². The molecule has 3 N–H and O–H groups in total. The molecule has 6 heteroatoms. The van der Waals surface area contributed by atoms with Gasteiger partial charge in [0.05, 0.1) is 5.56 Å². The van der Waals surface area contributed by atoms with Crippen LogP contribution in [0.5, 0.6) is 5.75 Å². The molecule has 3 aromatic rings. The van der Waals surface area contributed by atoms with Crippen molar-refractivity contribution < 1.29 is 9.63 Å². The zero-order valence-corrected chi connectivity index (χ0v) is 11.7. The van der Waals surface area contributed by atoms with Crippen molar-refractivity contribution in [3.05, 3.63) is 41.7 Å². The Kier molecular flexibility index (Phi) is 3.06. The number of hydrogen-bond acceptors (Lipinski definition) is 6. The van der Waals surface area contributed by atoms with Crippen LogP contribution in [0.3, 0.4) is 0 Å². The second-order valence-corrected chi connectivity index (χ2v) is 4.84. The van der Waals surface area contributed by atoms with E-state index < -0.39 is 0 Å². The standard InChI is InChI=1S/C15H14N4O2/c1-8-5-10(6-9(2)17-8)14-18-15(21-19-14)12-4-3-11(16)7-13(12)20/h3-7,20H,16H2,1-2H3. The predicted molar refractivity (Wildman–Crippen MR) is 78.5 cm³/mol. The average Bonchev–Trinajstić information content (AvgIpc) is 2.87. The van der Waals surface area contributed by atoms with Crippen LogP contribution in [-0.4, -0.2) is 20.2 Å². The van der Waals surface area contributed by atoms with Crippen LogP contribution in [0.25, 0.3) is 22.8 Å². The van der Waals surface area contributed by atoms with Gasteiger partial charge in [-0.25, -0.2) is 0 Å². The van der Waals surface area contributed by atoms with Crippen LogP contribution in [0.15, 0.2) is 34.9 Å². The summed E-state index contributed by atoms with van der Waals surface area (Å²) in [6.45, 7) is 3.81. The molecule has 0 radical (unpaired) electrons. The molecule has 0 spiro atoms. The summed E-state index contributed by atoms with van der Waals surface area (Å²) in [7, 11) is 0. The van der Waals surface area contributed by atoms with Gasteiger partial charge in [0, 0.05) is 28.7 Å². The Balaban J connectivity index is 2.03. The van der Waals surface area contributed by atoms with Crippen molar-refractivity contribution in [1.29, 1.82) is 0 Å². The molecule has 1 aromatic carbocycles. The second kappa shape index (κ2) is 4.90. The number of rotatable bonds is 2. The molecule has 2 aromatic heterocycles. The fourth-order valence-corrected chi connectivity index (χ4v) is 2.14. The molecule has 0 aliphatic heterocycles. The summed E-state index contributed by atoms with van der Waals surface area (Å²) in [6.07, 6.45) is 0. The van der Waals surface area contributed by atoms with E-state index in [1.165, 1.54) is 6.07 Å². The van der Waals surface area contributed by atoms with E-state index in [1.807, 2.05) is 26.0 Å². The molecule has 6 nitrogen and oxygen atoms in total. The van der Waals surface area contributed by atoms with Crippen LogP contribution in [0.2, 0.25) is 0 Å². The second-order valence-electron chi connectivity index (χ2n) is 4.84. The molecule has 0 saturated heterocycles. The lowest BCUT2D eigenvalue weighted by Gasteiger charge is -2.00. The molecule has 0 bridgehead atoms. The maximum Gasteiger partial charge on any atom is 0.262 e. The van der Waals surface area contributed by atoms with Gasteiger partial charge in [0.1, 0.15) is 5.75 Å². The third kappa shape index (κ3) is 2.55. The highest BCUT2D eigenvalue weighted by molar-refractivity contribution is 5.68.